The SMILES string of the molecule is O=C(/C=C/c1nc2ccccc2o1)N1CCN(c2ccccn2)CC1. The average molecular weight is 334 g/mol. The van der Waals surface area contributed by atoms with Crippen molar-refractivity contribution in [2.24, 2.45) is 0 Å². The number of benzene rings is 1. The molecule has 0 N–H and O–H groups in total. The molecule has 25 heavy (non-hydrogen) atoms. The summed E-state index contributed by atoms with van der Waals surface area (Å²) in [6.07, 6.45) is 4.95. The highest BCUT2D eigenvalue weighted by atomic mass is 16.3. The molecule has 1 aliphatic rings. The van der Waals surface area contributed by atoms with Crippen LogP contribution in [-0.4, -0.2) is 47.0 Å². The molecule has 0 bridgehead atoms. The van der Waals surface area contributed by atoms with Crippen LogP contribution in [0.4, 0.5) is 5.82 Å². The van der Waals surface area contributed by atoms with Crippen molar-refractivity contribution in [3.8, 4) is 0 Å². The van der Waals surface area contributed by atoms with Crippen molar-refractivity contribution in [1.29, 1.82) is 0 Å². The highest BCUT2D eigenvalue weighted by molar-refractivity contribution is 5.91. The quantitative estimate of drug-likeness (QED) is 0.689. The number of carbonyl (C=O) groups excluding carboxylic acids is 1. The Morgan fingerprint density at radius 3 is 2.60 bits per heavy atom. The van der Waals surface area contributed by atoms with Gasteiger partial charge in [-0.25, -0.2) is 9.97 Å². The number of rotatable bonds is 3. The van der Waals surface area contributed by atoms with Crippen molar-refractivity contribution in [2.45, 2.75) is 0 Å². The Morgan fingerprint density at radius 1 is 1.04 bits per heavy atom. The van der Waals surface area contributed by atoms with Gasteiger partial charge in [0, 0.05) is 44.5 Å². The molecule has 6 nitrogen and oxygen atoms in total. The van der Waals surface area contributed by atoms with E-state index in [1.165, 1.54) is 6.08 Å². The number of carbonyl (C=O) groups is 1. The second kappa shape index (κ2) is 6.76. The number of para-hydroxylation sites is 2. The summed E-state index contributed by atoms with van der Waals surface area (Å²) in [5, 5.41) is 0. The lowest BCUT2D eigenvalue weighted by Gasteiger charge is -2.34. The maximum atomic E-state index is 12.4. The smallest absolute Gasteiger partial charge is 0.246 e. The lowest BCUT2D eigenvalue weighted by molar-refractivity contribution is -0.126. The zero-order valence-corrected chi connectivity index (χ0v) is 13.7. The zero-order chi connectivity index (χ0) is 17.1. The van der Waals surface area contributed by atoms with Gasteiger partial charge < -0.3 is 14.2 Å². The molecule has 4 rings (SSSR count). The largest absolute Gasteiger partial charge is 0.437 e. The van der Waals surface area contributed by atoms with E-state index in [0.717, 1.165) is 30.0 Å². The van der Waals surface area contributed by atoms with Crippen LogP contribution in [0.3, 0.4) is 0 Å². The van der Waals surface area contributed by atoms with E-state index in [2.05, 4.69) is 14.9 Å². The molecule has 1 amide bonds. The monoisotopic (exact) mass is 334 g/mol. The van der Waals surface area contributed by atoms with E-state index in [0.29, 0.717) is 19.0 Å². The summed E-state index contributed by atoms with van der Waals surface area (Å²) in [5.41, 5.74) is 1.51. The molecule has 1 aromatic carbocycles. The molecule has 1 saturated heterocycles. The predicted octanol–water partition coefficient (Wildman–Crippen LogP) is 2.58. The normalized spacial score (nSPS) is 15.2. The number of piperazine rings is 1. The molecule has 0 unspecified atom stereocenters. The van der Waals surface area contributed by atoms with Crippen molar-refractivity contribution >= 4 is 28.9 Å². The minimum absolute atomic E-state index is 0.0251. The van der Waals surface area contributed by atoms with Gasteiger partial charge in [-0.2, -0.15) is 0 Å². The zero-order valence-electron chi connectivity index (χ0n) is 13.7. The third kappa shape index (κ3) is 3.38. The van der Waals surface area contributed by atoms with Crippen LogP contribution in [0.5, 0.6) is 0 Å². The van der Waals surface area contributed by atoms with E-state index < -0.39 is 0 Å². The first-order valence-corrected chi connectivity index (χ1v) is 8.28. The van der Waals surface area contributed by atoms with Crippen LogP contribution in [-0.2, 0) is 4.79 Å². The van der Waals surface area contributed by atoms with Crippen molar-refractivity contribution in [2.75, 3.05) is 31.1 Å². The Labute approximate surface area is 145 Å². The van der Waals surface area contributed by atoms with E-state index >= 15 is 0 Å². The second-order valence-corrected chi connectivity index (χ2v) is 5.85. The molecule has 126 valence electrons. The second-order valence-electron chi connectivity index (χ2n) is 5.85. The molecular weight excluding hydrogens is 316 g/mol. The van der Waals surface area contributed by atoms with Crippen LogP contribution < -0.4 is 4.90 Å². The Kier molecular flexibility index (Phi) is 4.16. The van der Waals surface area contributed by atoms with E-state index in [-0.39, 0.29) is 5.91 Å². The summed E-state index contributed by atoms with van der Waals surface area (Å²) in [6, 6.07) is 13.4. The van der Waals surface area contributed by atoms with Crippen molar-refractivity contribution in [1.82, 2.24) is 14.9 Å². The van der Waals surface area contributed by atoms with Crippen molar-refractivity contribution in [3.05, 3.63) is 60.6 Å². The van der Waals surface area contributed by atoms with Crippen LogP contribution in [0.15, 0.2) is 59.2 Å². The van der Waals surface area contributed by atoms with Gasteiger partial charge >= 0.3 is 0 Å². The van der Waals surface area contributed by atoms with Crippen LogP contribution in [0.1, 0.15) is 5.89 Å². The molecule has 3 heterocycles. The molecule has 3 aromatic rings. The summed E-state index contributed by atoms with van der Waals surface area (Å²) in [6.45, 7) is 2.90. The average Bonchev–Trinajstić information content (AvgIpc) is 3.10. The van der Waals surface area contributed by atoms with Gasteiger partial charge in [-0.3, -0.25) is 4.79 Å². The van der Waals surface area contributed by atoms with Crippen LogP contribution in [0.25, 0.3) is 17.2 Å². The van der Waals surface area contributed by atoms with Crippen LogP contribution >= 0.6 is 0 Å². The fourth-order valence-corrected chi connectivity index (χ4v) is 2.91. The predicted molar refractivity (Wildman–Crippen MR) is 96.1 cm³/mol. The molecule has 0 aliphatic carbocycles. The number of amides is 1. The molecule has 1 aliphatic heterocycles. The highest BCUT2D eigenvalue weighted by Crippen LogP contribution is 2.16. The minimum atomic E-state index is -0.0251. The third-order valence-corrected chi connectivity index (χ3v) is 4.24. The van der Waals surface area contributed by atoms with Gasteiger partial charge in [-0.05, 0) is 24.3 Å². The van der Waals surface area contributed by atoms with Crippen LogP contribution in [0.2, 0.25) is 0 Å². The fraction of sp³-hybridized carbons (Fsp3) is 0.211. The number of hydrogen-bond acceptors (Lipinski definition) is 5. The molecule has 0 spiro atoms. The lowest BCUT2D eigenvalue weighted by atomic mass is 10.3. The first-order chi connectivity index (χ1) is 12.3. The summed E-state index contributed by atoms with van der Waals surface area (Å²) < 4.78 is 5.60. The molecule has 0 saturated carbocycles. The Bertz CT molecular complexity index is 863. The Morgan fingerprint density at radius 2 is 1.84 bits per heavy atom. The summed E-state index contributed by atoms with van der Waals surface area (Å²) in [4.78, 5) is 25.1. The standard InChI is InChI=1S/C19H18N4O2/c24-19(9-8-18-21-15-5-1-2-6-16(15)25-18)23-13-11-22(12-14-23)17-7-3-4-10-20-17/h1-10H,11-14H2/b9-8+. The van der Waals surface area contributed by atoms with Gasteiger partial charge in [0.2, 0.25) is 11.8 Å². The maximum absolute atomic E-state index is 12.4. The van der Waals surface area contributed by atoms with E-state index in [1.807, 2.05) is 47.4 Å². The number of aromatic nitrogens is 2. The van der Waals surface area contributed by atoms with Gasteiger partial charge in [0.25, 0.3) is 0 Å². The topological polar surface area (TPSA) is 62.5 Å². The van der Waals surface area contributed by atoms with Crippen molar-refractivity contribution < 1.29 is 9.21 Å². The van der Waals surface area contributed by atoms with E-state index in [4.69, 9.17) is 4.42 Å². The first-order valence-electron chi connectivity index (χ1n) is 8.28. The number of pyridine rings is 1. The van der Waals surface area contributed by atoms with Gasteiger partial charge in [-0.15, -0.1) is 0 Å². The molecular formula is C19H18N4O2. The van der Waals surface area contributed by atoms with Crippen LogP contribution in [0, 0.1) is 0 Å². The fourth-order valence-electron chi connectivity index (χ4n) is 2.91. The van der Waals surface area contributed by atoms with Gasteiger partial charge in [0.15, 0.2) is 5.58 Å². The highest BCUT2D eigenvalue weighted by Gasteiger charge is 2.20. The summed E-state index contributed by atoms with van der Waals surface area (Å²) in [7, 11) is 0. The molecule has 2 aromatic heterocycles. The Balaban J connectivity index is 1.37. The van der Waals surface area contributed by atoms with Crippen molar-refractivity contribution in [3.63, 3.8) is 0 Å². The lowest BCUT2D eigenvalue weighted by Crippen LogP contribution is -2.48. The minimum Gasteiger partial charge on any atom is -0.437 e. The molecule has 1 fully saturated rings. The van der Waals surface area contributed by atoms with Gasteiger partial charge in [0.05, 0.1) is 0 Å². The number of anilines is 1. The third-order valence-electron chi connectivity index (χ3n) is 4.24. The summed E-state index contributed by atoms with van der Waals surface area (Å²) in [5.74, 6) is 1.38. The van der Waals surface area contributed by atoms with E-state index in [1.54, 1.807) is 12.3 Å². The number of nitrogens with zero attached hydrogens (tertiary/aromatic N) is 4. The van der Waals surface area contributed by atoms with Gasteiger partial charge in [0.1, 0.15) is 11.3 Å². The number of fused-ring (bicyclic) bond motifs is 1. The molecule has 6 heteroatoms. The summed E-state index contributed by atoms with van der Waals surface area (Å²) >= 11 is 0. The number of hydrogen-bond donors (Lipinski definition) is 0. The number of oxazole rings is 1. The molecule has 0 atom stereocenters. The Hall–Kier alpha value is -3.15. The molecule has 0 radical (unpaired) electrons. The van der Waals surface area contributed by atoms with E-state index in [9.17, 15) is 4.79 Å². The first kappa shape index (κ1) is 15.4. The maximum Gasteiger partial charge on any atom is 0.246 e. The van der Waals surface area contributed by atoms with Gasteiger partial charge in [-0.1, -0.05) is 18.2 Å².